The summed E-state index contributed by atoms with van der Waals surface area (Å²) in [6.07, 6.45) is 2.80. The second-order valence-corrected chi connectivity index (χ2v) is 3.70. The average Bonchev–Trinajstić information content (AvgIpc) is 2.21. The molecule has 0 aromatic carbocycles. The molecular formula is C10H23N3O. The number of amides is 1. The first-order valence-electron chi connectivity index (χ1n) is 5.36. The summed E-state index contributed by atoms with van der Waals surface area (Å²) in [4.78, 5) is 11.4. The number of nitrogens with two attached hydrogens (primary N) is 2. The van der Waals surface area contributed by atoms with Crippen LogP contribution < -0.4 is 16.8 Å². The van der Waals surface area contributed by atoms with E-state index in [0.29, 0.717) is 13.1 Å². The van der Waals surface area contributed by atoms with E-state index in [9.17, 15) is 4.79 Å². The van der Waals surface area contributed by atoms with Gasteiger partial charge in [-0.3, -0.25) is 4.79 Å². The normalized spacial score (nSPS) is 14.9. The van der Waals surface area contributed by atoms with Crippen molar-refractivity contribution in [2.75, 3.05) is 13.1 Å². The predicted molar refractivity (Wildman–Crippen MR) is 58.7 cm³/mol. The number of nitrogens with one attached hydrogen (secondary N) is 1. The second kappa shape index (κ2) is 7.76. The van der Waals surface area contributed by atoms with Crippen molar-refractivity contribution in [1.29, 1.82) is 0 Å². The summed E-state index contributed by atoms with van der Waals surface area (Å²) in [6, 6.07) is -0.377. The Balaban J connectivity index is 3.62. The molecular weight excluding hydrogens is 178 g/mol. The van der Waals surface area contributed by atoms with Gasteiger partial charge >= 0.3 is 0 Å². The van der Waals surface area contributed by atoms with Gasteiger partial charge in [0, 0.05) is 6.54 Å². The Morgan fingerprint density at radius 1 is 1.43 bits per heavy atom. The van der Waals surface area contributed by atoms with Crippen molar-refractivity contribution in [1.82, 2.24) is 5.32 Å². The van der Waals surface area contributed by atoms with E-state index < -0.39 is 0 Å². The topological polar surface area (TPSA) is 81.1 Å². The molecule has 0 fully saturated rings. The molecule has 0 heterocycles. The summed E-state index contributed by atoms with van der Waals surface area (Å²) in [7, 11) is 0. The van der Waals surface area contributed by atoms with E-state index in [4.69, 9.17) is 11.5 Å². The molecule has 4 nitrogen and oxygen atoms in total. The monoisotopic (exact) mass is 201 g/mol. The molecule has 0 aliphatic carbocycles. The zero-order valence-corrected chi connectivity index (χ0v) is 9.25. The van der Waals surface area contributed by atoms with Crippen LogP contribution in [0.25, 0.3) is 0 Å². The number of hydrogen-bond acceptors (Lipinski definition) is 3. The molecule has 5 N–H and O–H groups in total. The number of unbranched alkanes of at least 4 members (excludes halogenated alkanes) is 1. The zero-order chi connectivity index (χ0) is 11.0. The van der Waals surface area contributed by atoms with Crippen molar-refractivity contribution in [3.8, 4) is 0 Å². The fraction of sp³-hybridized carbons (Fsp3) is 0.900. The molecule has 84 valence electrons. The van der Waals surface area contributed by atoms with Crippen molar-refractivity contribution in [2.24, 2.45) is 17.4 Å². The van der Waals surface area contributed by atoms with Crippen LogP contribution in [-0.4, -0.2) is 25.0 Å². The van der Waals surface area contributed by atoms with E-state index in [1.54, 1.807) is 0 Å². The summed E-state index contributed by atoms with van der Waals surface area (Å²) in [6.45, 7) is 5.38. The maximum atomic E-state index is 11.4. The van der Waals surface area contributed by atoms with Crippen LogP contribution in [0, 0.1) is 5.92 Å². The van der Waals surface area contributed by atoms with Crippen LogP contribution in [-0.2, 0) is 4.79 Å². The van der Waals surface area contributed by atoms with Crippen LogP contribution in [0.5, 0.6) is 0 Å². The highest BCUT2D eigenvalue weighted by atomic mass is 16.2. The van der Waals surface area contributed by atoms with Crippen LogP contribution in [0.4, 0.5) is 0 Å². The molecule has 0 aliphatic heterocycles. The summed E-state index contributed by atoms with van der Waals surface area (Å²) >= 11 is 0. The maximum absolute atomic E-state index is 11.4. The van der Waals surface area contributed by atoms with Gasteiger partial charge in [0.05, 0.1) is 6.04 Å². The van der Waals surface area contributed by atoms with E-state index in [1.807, 2.05) is 13.8 Å². The van der Waals surface area contributed by atoms with Crippen LogP contribution in [0.3, 0.4) is 0 Å². The first-order valence-corrected chi connectivity index (χ1v) is 5.36. The third kappa shape index (κ3) is 5.19. The third-order valence-corrected chi connectivity index (χ3v) is 2.49. The molecule has 0 bridgehead atoms. The molecule has 0 aromatic rings. The van der Waals surface area contributed by atoms with Gasteiger partial charge in [-0.2, -0.15) is 0 Å². The van der Waals surface area contributed by atoms with Gasteiger partial charge in [-0.25, -0.2) is 0 Å². The van der Waals surface area contributed by atoms with Gasteiger partial charge in [-0.1, -0.05) is 20.3 Å². The van der Waals surface area contributed by atoms with E-state index in [0.717, 1.165) is 19.3 Å². The van der Waals surface area contributed by atoms with Crippen molar-refractivity contribution in [3.63, 3.8) is 0 Å². The van der Waals surface area contributed by atoms with E-state index in [2.05, 4.69) is 5.32 Å². The lowest BCUT2D eigenvalue weighted by Crippen LogP contribution is -2.44. The van der Waals surface area contributed by atoms with Crippen molar-refractivity contribution in [3.05, 3.63) is 0 Å². The summed E-state index contributed by atoms with van der Waals surface area (Å²) < 4.78 is 0. The molecule has 0 rings (SSSR count). The van der Waals surface area contributed by atoms with Gasteiger partial charge in [-0.15, -0.1) is 0 Å². The van der Waals surface area contributed by atoms with Crippen LogP contribution in [0.1, 0.15) is 33.1 Å². The van der Waals surface area contributed by atoms with Crippen molar-refractivity contribution in [2.45, 2.75) is 39.2 Å². The first kappa shape index (κ1) is 13.4. The molecule has 0 radical (unpaired) electrons. The summed E-state index contributed by atoms with van der Waals surface area (Å²) in [5, 5.41) is 2.81. The second-order valence-electron chi connectivity index (χ2n) is 3.70. The van der Waals surface area contributed by atoms with Crippen LogP contribution in [0.2, 0.25) is 0 Å². The molecule has 0 saturated heterocycles. The van der Waals surface area contributed by atoms with Crippen LogP contribution >= 0.6 is 0 Å². The third-order valence-electron chi connectivity index (χ3n) is 2.49. The molecule has 14 heavy (non-hydrogen) atoms. The Bertz CT molecular complexity index is 161. The summed E-state index contributed by atoms with van der Waals surface area (Å²) in [5.74, 6) is 0.195. The minimum absolute atomic E-state index is 0.0450. The van der Waals surface area contributed by atoms with Crippen molar-refractivity contribution >= 4 is 5.91 Å². The quantitative estimate of drug-likeness (QED) is 0.515. The van der Waals surface area contributed by atoms with Gasteiger partial charge in [0.15, 0.2) is 0 Å². The standard InChI is InChI=1S/C10H23N3O/c1-3-8(2)9(12)10(14)13-7-5-4-6-11/h8-9H,3-7,11-12H2,1-2H3,(H,13,14)/t8?,9-/m0/s1. The fourth-order valence-electron chi connectivity index (χ4n) is 1.11. The number of hydrogen-bond donors (Lipinski definition) is 3. The smallest absolute Gasteiger partial charge is 0.237 e. The number of rotatable bonds is 7. The maximum Gasteiger partial charge on any atom is 0.237 e. The highest BCUT2D eigenvalue weighted by Crippen LogP contribution is 2.04. The largest absolute Gasteiger partial charge is 0.355 e. The Morgan fingerprint density at radius 2 is 2.07 bits per heavy atom. The molecule has 0 aliphatic rings. The molecule has 1 unspecified atom stereocenters. The lowest BCUT2D eigenvalue weighted by atomic mass is 9.99. The highest BCUT2D eigenvalue weighted by molar-refractivity contribution is 5.81. The Labute approximate surface area is 86.4 Å². The Hall–Kier alpha value is -0.610. The van der Waals surface area contributed by atoms with Gasteiger partial charge < -0.3 is 16.8 Å². The Kier molecular flexibility index (Phi) is 7.42. The first-order chi connectivity index (χ1) is 6.63. The van der Waals surface area contributed by atoms with Gasteiger partial charge in [0.25, 0.3) is 0 Å². The van der Waals surface area contributed by atoms with Gasteiger partial charge in [-0.05, 0) is 25.3 Å². The Morgan fingerprint density at radius 3 is 2.57 bits per heavy atom. The van der Waals surface area contributed by atoms with E-state index in [1.165, 1.54) is 0 Å². The summed E-state index contributed by atoms with van der Waals surface area (Å²) in [5.41, 5.74) is 11.1. The lowest BCUT2D eigenvalue weighted by Gasteiger charge is -2.17. The highest BCUT2D eigenvalue weighted by Gasteiger charge is 2.18. The molecule has 2 atom stereocenters. The lowest BCUT2D eigenvalue weighted by molar-refractivity contribution is -0.123. The predicted octanol–water partition coefficient (Wildman–Crippen LogP) is 0.215. The molecule has 0 spiro atoms. The van der Waals surface area contributed by atoms with Crippen molar-refractivity contribution < 1.29 is 4.79 Å². The van der Waals surface area contributed by atoms with E-state index >= 15 is 0 Å². The van der Waals surface area contributed by atoms with Gasteiger partial charge in [0.1, 0.15) is 0 Å². The van der Waals surface area contributed by atoms with Crippen LogP contribution in [0.15, 0.2) is 0 Å². The van der Waals surface area contributed by atoms with Gasteiger partial charge in [0.2, 0.25) is 5.91 Å². The molecule has 1 amide bonds. The fourth-order valence-corrected chi connectivity index (χ4v) is 1.11. The SMILES string of the molecule is CCC(C)[C@H](N)C(=O)NCCCCN. The number of carbonyl (C=O) groups is 1. The number of carbonyl (C=O) groups excluding carboxylic acids is 1. The zero-order valence-electron chi connectivity index (χ0n) is 9.25. The minimum Gasteiger partial charge on any atom is -0.355 e. The van der Waals surface area contributed by atoms with E-state index in [-0.39, 0.29) is 17.9 Å². The molecule has 0 saturated carbocycles. The minimum atomic E-state index is -0.377. The average molecular weight is 201 g/mol. The molecule has 4 heteroatoms. The molecule has 0 aromatic heterocycles.